The Hall–Kier alpha value is -3.39. The molecule has 0 unspecified atom stereocenters. The number of nitrogens with zero attached hydrogens (tertiary/aromatic N) is 1. The lowest BCUT2D eigenvalue weighted by molar-refractivity contribution is -0.120. The number of hydrogen-bond acceptors (Lipinski definition) is 4. The molecule has 0 aliphatic heterocycles. The summed E-state index contributed by atoms with van der Waals surface area (Å²) in [4.78, 5) is 13.0. The van der Waals surface area contributed by atoms with Crippen LogP contribution in [0.3, 0.4) is 0 Å². The monoisotopic (exact) mass is 510 g/mol. The SMILES string of the molecule is CCOc1ccc(N(CC(=O)N[C@@H](C)c2ccc3c(c2)CCCC3)S(=O)(=O)c2ccc(F)cc2)cc1. The van der Waals surface area contributed by atoms with Crippen molar-refractivity contribution in [1.82, 2.24) is 5.32 Å². The summed E-state index contributed by atoms with van der Waals surface area (Å²) in [6.45, 7) is 3.79. The van der Waals surface area contributed by atoms with E-state index in [0.29, 0.717) is 18.0 Å². The lowest BCUT2D eigenvalue weighted by Gasteiger charge is -2.25. The van der Waals surface area contributed by atoms with E-state index in [2.05, 4.69) is 17.4 Å². The summed E-state index contributed by atoms with van der Waals surface area (Å²) in [5.41, 5.74) is 3.96. The van der Waals surface area contributed by atoms with Gasteiger partial charge < -0.3 is 10.1 Å². The Labute approximate surface area is 212 Å². The van der Waals surface area contributed by atoms with Gasteiger partial charge in [-0.2, -0.15) is 0 Å². The number of amides is 1. The standard InChI is InChI=1S/C28H31FN2O4S/c1-3-35-26-14-12-25(13-15-26)31(36(33,34)27-16-10-24(29)11-17-27)19-28(32)30-20(2)22-9-8-21-6-4-5-7-23(21)18-22/h8-18,20H,3-7,19H2,1-2H3,(H,30,32)/t20-/m0/s1. The molecular weight excluding hydrogens is 479 g/mol. The maximum atomic E-state index is 13.5. The van der Waals surface area contributed by atoms with Crippen LogP contribution in [0, 0.1) is 5.82 Å². The second-order valence-electron chi connectivity index (χ2n) is 8.92. The molecule has 1 atom stereocenters. The van der Waals surface area contributed by atoms with Crippen molar-refractivity contribution in [2.75, 3.05) is 17.5 Å². The van der Waals surface area contributed by atoms with E-state index in [1.807, 2.05) is 19.9 Å². The van der Waals surface area contributed by atoms with Crippen LogP contribution in [0.4, 0.5) is 10.1 Å². The molecule has 4 rings (SSSR count). The highest BCUT2D eigenvalue weighted by Crippen LogP contribution is 2.27. The zero-order valence-corrected chi connectivity index (χ0v) is 21.4. The molecule has 0 spiro atoms. The number of fused-ring (bicyclic) bond motifs is 1. The van der Waals surface area contributed by atoms with Gasteiger partial charge in [-0.1, -0.05) is 18.2 Å². The smallest absolute Gasteiger partial charge is 0.264 e. The number of carbonyl (C=O) groups is 1. The minimum Gasteiger partial charge on any atom is -0.494 e. The molecule has 0 heterocycles. The fourth-order valence-electron chi connectivity index (χ4n) is 4.45. The van der Waals surface area contributed by atoms with E-state index in [-0.39, 0.29) is 10.9 Å². The van der Waals surface area contributed by atoms with Crippen LogP contribution in [0.1, 0.15) is 49.4 Å². The number of benzene rings is 3. The third kappa shape index (κ3) is 5.87. The quantitative estimate of drug-likeness (QED) is 0.431. The summed E-state index contributed by atoms with van der Waals surface area (Å²) in [5.74, 6) is -0.399. The van der Waals surface area contributed by atoms with E-state index >= 15 is 0 Å². The van der Waals surface area contributed by atoms with E-state index in [1.165, 1.54) is 29.7 Å². The number of carbonyl (C=O) groups excluding carboxylic acids is 1. The Morgan fingerprint density at radius 2 is 1.67 bits per heavy atom. The molecular formula is C28H31FN2O4S. The first-order chi connectivity index (χ1) is 17.3. The van der Waals surface area contributed by atoms with Crippen LogP contribution in [0.5, 0.6) is 5.75 Å². The molecule has 0 radical (unpaired) electrons. The van der Waals surface area contributed by atoms with Crippen molar-refractivity contribution in [2.45, 2.75) is 50.5 Å². The molecule has 0 bridgehead atoms. The zero-order chi connectivity index (χ0) is 25.7. The van der Waals surface area contributed by atoms with Gasteiger partial charge in [-0.3, -0.25) is 9.10 Å². The number of halogens is 1. The molecule has 6 nitrogen and oxygen atoms in total. The van der Waals surface area contributed by atoms with Crippen molar-refractivity contribution in [3.05, 3.63) is 89.2 Å². The number of hydrogen-bond donors (Lipinski definition) is 1. The Kier molecular flexibility index (Phi) is 7.94. The Balaban J connectivity index is 1.57. The molecule has 1 amide bonds. The summed E-state index contributed by atoms with van der Waals surface area (Å²) in [5, 5.41) is 2.94. The lowest BCUT2D eigenvalue weighted by Crippen LogP contribution is -2.41. The number of nitrogens with one attached hydrogen (secondary N) is 1. The summed E-state index contributed by atoms with van der Waals surface area (Å²) in [6.07, 6.45) is 4.47. The number of sulfonamides is 1. The summed E-state index contributed by atoms with van der Waals surface area (Å²) >= 11 is 0. The first kappa shape index (κ1) is 25.7. The van der Waals surface area contributed by atoms with Gasteiger partial charge in [0.2, 0.25) is 5.91 Å². The molecule has 1 N–H and O–H groups in total. The fourth-order valence-corrected chi connectivity index (χ4v) is 5.87. The summed E-state index contributed by atoms with van der Waals surface area (Å²) in [6, 6.07) is 17.0. The third-order valence-corrected chi connectivity index (χ3v) is 8.16. The molecule has 0 aromatic heterocycles. The second-order valence-corrected chi connectivity index (χ2v) is 10.8. The van der Waals surface area contributed by atoms with Gasteiger partial charge in [-0.25, -0.2) is 12.8 Å². The maximum Gasteiger partial charge on any atom is 0.264 e. The van der Waals surface area contributed by atoms with Crippen LogP contribution in [0.2, 0.25) is 0 Å². The van der Waals surface area contributed by atoms with E-state index in [0.717, 1.165) is 41.3 Å². The number of ether oxygens (including phenoxy) is 1. The Morgan fingerprint density at radius 1 is 1.00 bits per heavy atom. The van der Waals surface area contributed by atoms with Crippen molar-refractivity contribution in [3.8, 4) is 5.75 Å². The van der Waals surface area contributed by atoms with Crippen LogP contribution < -0.4 is 14.4 Å². The Bertz CT molecular complexity index is 1310. The maximum absolute atomic E-state index is 13.5. The Morgan fingerprint density at radius 3 is 2.33 bits per heavy atom. The third-order valence-electron chi connectivity index (χ3n) is 6.37. The van der Waals surface area contributed by atoms with Crippen molar-refractivity contribution >= 4 is 21.6 Å². The van der Waals surface area contributed by atoms with Gasteiger partial charge in [0.15, 0.2) is 0 Å². The van der Waals surface area contributed by atoms with E-state index < -0.39 is 28.3 Å². The molecule has 36 heavy (non-hydrogen) atoms. The topological polar surface area (TPSA) is 75.7 Å². The highest BCUT2D eigenvalue weighted by Gasteiger charge is 2.28. The molecule has 8 heteroatoms. The van der Waals surface area contributed by atoms with Gasteiger partial charge in [-0.05, 0) is 105 Å². The summed E-state index contributed by atoms with van der Waals surface area (Å²) in [7, 11) is -4.14. The first-order valence-corrected chi connectivity index (χ1v) is 13.6. The van der Waals surface area contributed by atoms with Crippen molar-refractivity contribution in [1.29, 1.82) is 0 Å². The molecule has 190 valence electrons. The van der Waals surface area contributed by atoms with Gasteiger partial charge in [0, 0.05) is 0 Å². The number of anilines is 1. The predicted octanol–water partition coefficient (Wildman–Crippen LogP) is 5.18. The van der Waals surface area contributed by atoms with Gasteiger partial charge >= 0.3 is 0 Å². The highest BCUT2D eigenvalue weighted by molar-refractivity contribution is 7.92. The average molecular weight is 511 g/mol. The van der Waals surface area contributed by atoms with Crippen molar-refractivity contribution in [2.24, 2.45) is 0 Å². The molecule has 0 fully saturated rings. The van der Waals surface area contributed by atoms with E-state index in [1.54, 1.807) is 24.3 Å². The molecule has 0 saturated heterocycles. The van der Waals surface area contributed by atoms with Crippen LogP contribution in [0.15, 0.2) is 71.6 Å². The van der Waals surface area contributed by atoms with Crippen LogP contribution in [0.25, 0.3) is 0 Å². The minimum absolute atomic E-state index is 0.103. The van der Waals surface area contributed by atoms with Gasteiger partial charge in [0.1, 0.15) is 18.1 Å². The summed E-state index contributed by atoms with van der Waals surface area (Å²) < 4.78 is 46.9. The van der Waals surface area contributed by atoms with Gasteiger partial charge in [-0.15, -0.1) is 0 Å². The van der Waals surface area contributed by atoms with Crippen LogP contribution in [-0.2, 0) is 27.7 Å². The highest BCUT2D eigenvalue weighted by atomic mass is 32.2. The number of aryl methyl sites for hydroxylation is 2. The van der Waals surface area contributed by atoms with Crippen molar-refractivity contribution in [3.63, 3.8) is 0 Å². The molecule has 3 aromatic rings. The van der Waals surface area contributed by atoms with Gasteiger partial charge in [0.25, 0.3) is 10.0 Å². The fraction of sp³-hybridized carbons (Fsp3) is 0.321. The van der Waals surface area contributed by atoms with Crippen molar-refractivity contribution < 1.29 is 22.3 Å². The van der Waals surface area contributed by atoms with Crippen LogP contribution in [-0.4, -0.2) is 27.5 Å². The zero-order valence-electron chi connectivity index (χ0n) is 20.5. The van der Waals surface area contributed by atoms with E-state index in [9.17, 15) is 17.6 Å². The molecule has 0 saturated carbocycles. The molecule has 1 aliphatic carbocycles. The first-order valence-electron chi connectivity index (χ1n) is 12.2. The van der Waals surface area contributed by atoms with Gasteiger partial charge in [0.05, 0.1) is 23.2 Å². The second kappa shape index (κ2) is 11.1. The molecule has 1 aliphatic rings. The van der Waals surface area contributed by atoms with E-state index in [4.69, 9.17) is 4.74 Å². The predicted molar refractivity (Wildman–Crippen MR) is 138 cm³/mol. The van der Waals surface area contributed by atoms with Crippen LogP contribution >= 0.6 is 0 Å². The largest absolute Gasteiger partial charge is 0.494 e. The molecule has 3 aromatic carbocycles. The normalized spacial score (nSPS) is 14.0. The average Bonchev–Trinajstić information content (AvgIpc) is 2.88. The minimum atomic E-state index is -4.14. The lowest BCUT2D eigenvalue weighted by atomic mass is 9.89. The number of rotatable bonds is 9.